The lowest BCUT2D eigenvalue weighted by Crippen LogP contribution is -2.29. The van der Waals surface area contributed by atoms with Crippen LogP contribution in [0.1, 0.15) is 35.1 Å². The predicted octanol–water partition coefficient (Wildman–Crippen LogP) is 2.20. The summed E-state index contributed by atoms with van der Waals surface area (Å²) in [7, 11) is 0. The SMILES string of the molecule is CCCNC(=O)COC(=O)c1ccccc1Cc1nc2ccccc2c(=O)[nH]1. The third-order valence-corrected chi connectivity index (χ3v) is 4.16. The molecule has 0 bridgehead atoms. The summed E-state index contributed by atoms with van der Waals surface area (Å²) < 4.78 is 5.12. The van der Waals surface area contributed by atoms with E-state index in [4.69, 9.17) is 4.74 Å². The van der Waals surface area contributed by atoms with Gasteiger partial charge in [0.15, 0.2) is 6.61 Å². The fourth-order valence-electron chi connectivity index (χ4n) is 2.80. The van der Waals surface area contributed by atoms with Crippen LogP contribution in [0.25, 0.3) is 10.9 Å². The van der Waals surface area contributed by atoms with Gasteiger partial charge in [0, 0.05) is 13.0 Å². The van der Waals surface area contributed by atoms with Gasteiger partial charge < -0.3 is 15.0 Å². The molecule has 1 amide bonds. The average Bonchev–Trinajstić information content (AvgIpc) is 2.71. The quantitative estimate of drug-likeness (QED) is 0.613. The van der Waals surface area contributed by atoms with Gasteiger partial charge >= 0.3 is 5.97 Å². The minimum absolute atomic E-state index is 0.228. The summed E-state index contributed by atoms with van der Waals surface area (Å²) in [6.45, 7) is 2.14. The fraction of sp³-hybridized carbons (Fsp3) is 0.238. The van der Waals surface area contributed by atoms with Gasteiger partial charge in [-0.05, 0) is 30.2 Å². The number of hydrogen-bond acceptors (Lipinski definition) is 5. The lowest BCUT2D eigenvalue weighted by Gasteiger charge is -2.10. The molecule has 1 heterocycles. The molecule has 7 heteroatoms. The minimum atomic E-state index is -0.592. The van der Waals surface area contributed by atoms with Crippen LogP contribution in [-0.4, -0.2) is 35.0 Å². The van der Waals surface area contributed by atoms with Crippen molar-refractivity contribution in [1.82, 2.24) is 15.3 Å². The fourth-order valence-corrected chi connectivity index (χ4v) is 2.80. The molecule has 0 aliphatic heterocycles. The molecule has 0 atom stereocenters. The molecule has 2 aromatic carbocycles. The number of aromatic amines is 1. The molecule has 0 aliphatic rings. The lowest BCUT2D eigenvalue weighted by atomic mass is 10.0. The number of aromatic nitrogens is 2. The first kappa shape index (κ1) is 19.3. The number of carbonyl (C=O) groups excluding carboxylic acids is 2. The predicted molar refractivity (Wildman–Crippen MR) is 105 cm³/mol. The van der Waals surface area contributed by atoms with Gasteiger partial charge in [0.2, 0.25) is 0 Å². The maximum Gasteiger partial charge on any atom is 0.338 e. The number of nitrogens with zero attached hydrogens (tertiary/aromatic N) is 1. The highest BCUT2D eigenvalue weighted by Crippen LogP contribution is 2.15. The third kappa shape index (κ3) is 4.62. The number of fused-ring (bicyclic) bond motifs is 1. The van der Waals surface area contributed by atoms with E-state index in [1.54, 1.807) is 42.5 Å². The van der Waals surface area contributed by atoms with E-state index < -0.39 is 5.97 Å². The average molecular weight is 379 g/mol. The van der Waals surface area contributed by atoms with E-state index in [-0.39, 0.29) is 24.5 Å². The Morgan fingerprint density at radius 3 is 2.68 bits per heavy atom. The van der Waals surface area contributed by atoms with Crippen molar-refractivity contribution in [2.45, 2.75) is 19.8 Å². The first-order valence-electron chi connectivity index (χ1n) is 9.08. The Morgan fingerprint density at radius 1 is 1.11 bits per heavy atom. The molecule has 144 valence electrons. The van der Waals surface area contributed by atoms with Crippen molar-refractivity contribution in [1.29, 1.82) is 0 Å². The topological polar surface area (TPSA) is 101 Å². The van der Waals surface area contributed by atoms with E-state index in [1.165, 1.54) is 0 Å². The van der Waals surface area contributed by atoms with E-state index in [9.17, 15) is 14.4 Å². The molecule has 1 aromatic heterocycles. The van der Waals surface area contributed by atoms with Gasteiger partial charge in [-0.25, -0.2) is 9.78 Å². The second-order valence-corrected chi connectivity index (χ2v) is 6.29. The number of para-hydroxylation sites is 1. The molecule has 0 unspecified atom stereocenters. The zero-order valence-corrected chi connectivity index (χ0v) is 15.5. The first-order chi connectivity index (χ1) is 13.6. The molecule has 28 heavy (non-hydrogen) atoms. The molecular weight excluding hydrogens is 358 g/mol. The van der Waals surface area contributed by atoms with E-state index in [2.05, 4.69) is 15.3 Å². The van der Waals surface area contributed by atoms with Crippen LogP contribution in [-0.2, 0) is 16.0 Å². The standard InChI is InChI=1S/C21H21N3O4/c1-2-11-22-19(25)13-28-21(27)15-8-4-3-7-14(15)12-18-23-17-10-6-5-9-16(17)20(26)24-18/h3-10H,2,11-13H2,1H3,(H,22,25)(H,23,24,26). The Kier molecular flexibility index (Phi) is 6.16. The maximum absolute atomic E-state index is 12.4. The smallest absolute Gasteiger partial charge is 0.338 e. The third-order valence-electron chi connectivity index (χ3n) is 4.16. The number of benzene rings is 2. The molecule has 0 fully saturated rings. The largest absolute Gasteiger partial charge is 0.452 e. The Bertz CT molecular complexity index is 1060. The van der Waals surface area contributed by atoms with Crippen molar-refractivity contribution in [3.8, 4) is 0 Å². The van der Waals surface area contributed by atoms with Crippen LogP contribution in [0.4, 0.5) is 0 Å². The molecular formula is C21H21N3O4. The first-order valence-corrected chi connectivity index (χ1v) is 9.08. The van der Waals surface area contributed by atoms with Crippen LogP contribution in [0.3, 0.4) is 0 Å². The summed E-state index contributed by atoms with van der Waals surface area (Å²) in [5.74, 6) is -0.483. The lowest BCUT2D eigenvalue weighted by molar-refractivity contribution is -0.124. The molecule has 0 saturated heterocycles. The van der Waals surface area contributed by atoms with Crippen LogP contribution in [0.2, 0.25) is 0 Å². The van der Waals surface area contributed by atoms with E-state index in [1.807, 2.05) is 13.0 Å². The highest BCUT2D eigenvalue weighted by atomic mass is 16.5. The molecule has 3 aromatic rings. The zero-order valence-electron chi connectivity index (χ0n) is 15.5. The molecule has 2 N–H and O–H groups in total. The van der Waals surface area contributed by atoms with Crippen LogP contribution in [0.15, 0.2) is 53.3 Å². The molecule has 0 radical (unpaired) electrons. The van der Waals surface area contributed by atoms with E-state index >= 15 is 0 Å². The van der Waals surface area contributed by atoms with Gasteiger partial charge in [0.25, 0.3) is 11.5 Å². The Morgan fingerprint density at radius 2 is 1.86 bits per heavy atom. The number of H-pyrrole nitrogens is 1. The van der Waals surface area contributed by atoms with Gasteiger partial charge in [-0.3, -0.25) is 9.59 Å². The van der Waals surface area contributed by atoms with Crippen molar-refractivity contribution in [2.75, 3.05) is 13.2 Å². The highest BCUT2D eigenvalue weighted by molar-refractivity contribution is 5.92. The van der Waals surface area contributed by atoms with Crippen molar-refractivity contribution in [3.63, 3.8) is 0 Å². The summed E-state index contributed by atoms with van der Waals surface area (Å²) in [6, 6.07) is 14.0. The zero-order chi connectivity index (χ0) is 19.9. The van der Waals surface area contributed by atoms with Crippen LogP contribution >= 0.6 is 0 Å². The summed E-state index contributed by atoms with van der Waals surface area (Å²) >= 11 is 0. The molecule has 0 spiro atoms. The number of rotatable bonds is 7. The van der Waals surface area contributed by atoms with Crippen molar-refractivity contribution >= 4 is 22.8 Å². The Labute approximate surface area is 161 Å². The Balaban J connectivity index is 1.78. The van der Waals surface area contributed by atoms with Gasteiger partial charge in [-0.15, -0.1) is 0 Å². The second-order valence-electron chi connectivity index (χ2n) is 6.29. The van der Waals surface area contributed by atoms with E-state index in [0.717, 1.165) is 6.42 Å². The number of carbonyl (C=O) groups is 2. The molecule has 0 saturated carbocycles. The number of amides is 1. The number of esters is 1. The second kappa shape index (κ2) is 8.94. The molecule has 3 rings (SSSR count). The van der Waals surface area contributed by atoms with Crippen LogP contribution in [0, 0.1) is 0 Å². The van der Waals surface area contributed by atoms with Crippen LogP contribution in [0.5, 0.6) is 0 Å². The Hall–Kier alpha value is -3.48. The van der Waals surface area contributed by atoms with Gasteiger partial charge in [-0.1, -0.05) is 37.3 Å². The maximum atomic E-state index is 12.4. The summed E-state index contributed by atoms with van der Waals surface area (Å²) in [4.78, 5) is 43.5. The van der Waals surface area contributed by atoms with Gasteiger partial charge in [-0.2, -0.15) is 0 Å². The van der Waals surface area contributed by atoms with E-state index in [0.29, 0.717) is 34.4 Å². The van der Waals surface area contributed by atoms with Crippen molar-refractivity contribution in [2.24, 2.45) is 0 Å². The number of ether oxygens (including phenoxy) is 1. The molecule has 0 aliphatic carbocycles. The minimum Gasteiger partial charge on any atom is -0.452 e. The van der Waals surface area contributed by atoms with Crippen LogP contribution < -0.4 is 10.9 Å². The number of hydrogen-bond donors (Lipinski definition) is 2. The summed E-state index contributed by atoms with van der Waals surface area (Å²) in [6.07, 6.45) is 1.06. The monoisotopic (exact) mass is 379 g/mol. The van der Waals surface area contributed by atoms with Crippen molar-refractivity contribution < 1.29 is 14.3 Å². The van der Waals surface area contributed by atoms with Gasteiger partial charge in [0.05, 0.1) is 16.5 Å². The normalized spacial score (nSPS) is 10.6. The summed E-state index contributed by atoms with van der Waals surface area (Å²) in [5, 5.41) is 3.16. The summed E-state index contributed by atoms with van der Waals surface area (Å²) in [5.41, 5.74) is 1.35. The highest BCUT2D eigenvalue weighted by Gasteiger charge is 2.15. The molecule has 7 nitrogen and oxygen atoms in total. The van der Waals surface area contributed by atoms with Crippen molar-refractivity contribution in [3.05, 3.63) is 75.8 Å². The number of nitrogens with one attached hydrogen (secondary N) is 2. The van der Waals surface area contributed by atoms with Gasteiger partial charge in [0.1, 0.15) is 5.82 Å².